The first-order valence-corrected chi connectivity index (χ1v) is 8.53. The van der Waals surface area contributed by atoms with E-state index in [1.165, 1.54) is 0 Å². The summed E-state index contributed by atoms with van der Waals surface area (Å²) in [5.74, 6) is -0.697. The zero-order valence-corrected chi connectivity index (χ0v) is 14.0. The monoisotopic (exact) mass is 363 g/mol. The molecule has 1 spiro atoms. The van der Waals surface area contributed by atoms with Crippen LogP contribution in [-0.4, -0.2) is 92.8 Å². The van der Waals surface area contributed by atoms with E-state index in [1.54, 1.807) is 0 Å². The summed E-state index contributed by atoms with van der Waals surface area (Å²) in [6, 6.07) is -1.61. The quantitative estimate of drug-likeness (QED) is 0.245. The van der Waals surface area contributed by atoms with Crippen LogP contribution in [0.15, 0.2) is 0 Å². The second-order valence-electron chi connectivity index (χ2n) is 6.93. The van der Waals surface area contributed by atoms with Crippen LogP contribution in [0.3, 0.4) is 0 Å². The summed E-state index contributed by atoms with van der Waals surface area (Å²) in [5.41, 5.74) is 10.1. The van der Waals surface area contributed by atoms with Crippen LogP contribution in [0, 0.1) is 0 Å². The summed E-state index contributed by atoms with van der Waals surface area (Å²) in [4.78, 5) is 11.9. The molecule has 0 aromatic carbocycles. The zero-order valence-electron chi connectivity index (χ0n) is 14.0. The van der Waals surface area contributed by atoms with Crippen molar-refractivity contribution in [1.82, 2.24) is 5.32 Å². The van der Waals surface area contributed by atoms with E-state index in [9.17, 15) is 30.3 Å². The minimum absolute atomic E-state index is 0.0755. The van der Waals surface area contributed by atoms with Crippen LogP contribution in [0.4, 0.5) is 0 Å². The number of amides is 1. The Morgan fingerprint density at radius 1 is 1.28 bits per heavy atom. The normalized spacial score (nSPS) is 43.5. The van der Waals surface area contributed by atoms with E-state index in [-0.39, 0.29) is 38.8 Å². The van der Waals surface area contributed by atoms with Crippen LogP contribution in [0.5, 0.6) is 0 Å². The van der Waals surface area contributed by atoms with Gasteiger partial charge < -0.3 is 47.1 Å². The van der Waals surface area contributed by atoms with E-state index < -0.39 is 54.1 Å². The Morgan fingerprint density at radius 2 is 1.96 bits per heavy atom. The Kier molecular flexibility index (Phi) is 6.74. The van der Waals surface area contributed by atoms with Gasteiger partial charge in [0.05, 0.1) is 18.8 Å². The molecule has 2 rings (SSSR count). The summed E-state index contributed by atoms with van der Waals surface area (Å²) >= 11 is 0. The third-order valence-electron chi connectivity index (χ3n) is 5.24. The highest BCUT2D eigenvalue weighted by atomic mass is 16.5. The molecule has 1 aliphatic heterocycles. The van der Waals surface area contributed by atoms with Crippen molar-refractivity contribution in [1.29, 1.82) is 0 Å². The lowest BCUT2D eigenvalue weighted by atomic mass is 9.71. The lowest BCUT2D eigenvalue weighted by molar-refractivity contribution is -0.203. The number of hydrogen-bond donors (Lipinski definition) is 8. The highest BCUT2D eigenvalue weighted by Gasteiger charge is 2.55. The van der Waals surface area contributed by atoms with E-state index in [2.05, 4.69) is 5.32 Å². The topological polar surface area (TPSA) is 192 Å². The molecule has 1 aliphatic carbocycles. The Bertz CT molecular complexity index is 454. The first-order chi connectivity index (χ1) is 11.7. The van der Waals surface area contributed by atoms with Crippen molar-refractivity contribution in [2.24, 2.45) is 11.5 Å². The fourth-order valence-electron chi connectivity index (χ4n) is 3.57. The maximum absolute atomic E-state index is 11.9. The van der Waals surface area contributed by atoms with Gasteiger partial charge in [-0.05, 0) is 32.2 Å². The summed E-state index contributed by atoms with van der Waals surface area (Å²) in [6.07, 6.45) is -5.71. The van der Waals surface area contributed by atoms with Crippen LogP contribution in [0.2, 0.25) is 0 Å². The highest BCUT2D eigenvalue weighted by molar-refractivity contribution is 5.80. The molecule has 10 nitrogen and oxygen atoms in total. The molecule has 2 fully saturated rings. The molecule has 0 aromatic heterocycles. The molecule has 25 heavy (non-hydrogen) atoms. The Balaban J connectivity index is 2.09. The predicted octanol–water partition coefficient (Wildman–Crippen LogP) is -4.10. The number of aliphatic hydroxyl groups excluding tert-OH is 5. The van der Waals surface area contributed by atoms with E-state index in [1.807, 2.05) is 0 Å². The van der Waals surface area contributed by atoms with Gasteiger partial charge in [-0.15, -0.1) is 0 Å². The van der Waals surface area contributed by atoms with Gasteiger partial charge in [0.25, 0.3) is 0 Å². The molecule has 146 valence electrons. The van der Waals surface area contributed by atoms with E-state index in [0.717, 1.165) is 0 Å². The van der Waals surface area contributed by atoms with Crippen molar-refractivity contribution in [3.8, 4) is 0 Å². The Hall–Kier alpha value is -0.850. The number of nitrogens with two attached hydrogens (primary N) is 2. The van der Waals surface area contributed by atoms with E-state index >= 15 is 0 Å². The van der Waals surface area contributed by atoms with E-state index in [0.29, 0.717) is 0 Å². The number of carbonyl (C=O) groups excluding carboxylic acids is 1. The van der Waals surface area contributed by atoms with Crippen molar-refractivity contribution in [3.63, 3.8) is 0 Å². The number of rotatable bonds is 4. The van der Waals surface area contributed by atoms with Crippen molar-refractivity contribution in [3.05, 3.63) is 0 Å². The van der Waals surface area contributed by atoms with Gasteiger partial charge in [-0.2, -0.15) is 0 Å². The van der Waals surface area contributed by atoms with E-state index in [4.69, 9.17) is 16.2 Å². The standard InChI is InChI=1S/C15H29N3O7/c16-4-2-9(20)14(24)18-7-5-11(17)15(13(23)12(7)22)3-1-8(19)10(21)6-25-15/h7-13,19-23H,1-6,16-17H2,(H,18,24)/t7-,8-,9+,10+,11+,12+,13-,15+/m1/s1. The van der Waals surface area contributed by atoms with Crippen molar-refractivity contribution < 1.29 is 35.1 Å². The van der Waals surface area contributed by atoms with Gasteiger partial charge in [0.15, 0.2) is 0 Å². The molecule has 0 unspecified atom stereocenters. The number of ether oxygens (including phenoxy) is 1. The van der Waals surface area contributed by atoms with Gasteiger partial charge in [-0.3, -0.25) is 4.79 Å². The van der Waals surface area contributed by atoms with Crippen LogP contribution in [0.25, 0.3) is 0 Å². The number of carbonyl (C=O) groups is 1. The maximum Gasteiger partial charge on any atom is 0.249 e. The molecule has 1 saturated carbocycles. The molecular weight excluding hydrogens is 334 g/mol. The molecule has 0 bridgehead atoms. The second-order valence-corrected chi connectivity index (χ2v) is 6.93. The first-order valence-electron chi connectivity index (χ1n) is 8.53. The van der Waals surface area contributed by atoms with Gasteiger partial charge in [0, 0.05) is 6.04 Å². The lowest BCUT2D eigenvalue weighted by Crippen LogP contribution is -2.71. The van der Waals surface area contributed by atoms with Crippen LogP contribution < -0.4 is 16.8 Å². The van der Waals surface area contributed by atoms with Crippen molar-refractivity contribution in [2.45, 2.75) is 73.9 Å². The van der Waals surface area contributed by atoms with Gasteiger partial charge >= 0.3 is 0 Å². The summed E-state index contributed by atoms with van der Waals surface area (Å²) in [7, 11) is 0. The predicted molar refractivity (Wildman–Crippen MR) is 86.1 cm³/mol. The van der Waals surface area contributed by atoms with Gasteiger partial charge in [0.1, 0.15) is 30.0 Å². The molecule has 10 N–H and O–H groups in total. The minimum atomic E-state index is -1.43. The van der Waals surface area contributed by atoms with Crippen molar-refractivity contribution >= 4 is 5.91 Å². The molecule has 1 saturated heterocycles. The SMILES string of the molecule is NCC[C@H](O)C(=O)N[C@@H]1C[C@H](N)[C@@]2(CC[C@@H](O)[C@@H](O)CO2)[C@H](O)[C@H]1O. The van der Waals surface area contributed by atoms with Gasteiger partial charge in [0.2, 0.25) is 5.91 Å². The smallest absolute Gasteiger partial charge is 0.249 e. The lowest BCUT2D eigenvalue weighted by Gasteiger charge is -2.50. The molecule has 10 heteroatoms. The number of nitrogens with one attached hydrogen (secondary N) is 1. The Morgan fingerprint density at radius 3 is 2.60 bits per heavy atom. The Labute approximate surface area is 145 Å². The largest absolute Gasteiger partial charge is 0.390 e. The van der Waals surface area contributed by atoms with Gasteiger partial charge in [-0.1, -0.05) is 0 Å². The fraction of sp³-hybridized carbons (Fsp3) is 0.933. The second kappa shape index (κ2) is 8.23. The first kappa shape index (κ1) is 20.5. The summed E-state index contributed by atoms with van der Waals surface area (Å²) < 4.78 is 5.62. The average molecular weight is 363 g/mol. The highest BCUT2D eigenvalue weighted by Crippen LogP contribution is 2.38. The zero-order chi connectivity index (χ0) is 18.8. The molecule has 1 amide bonds. The van der Waals surface area contributed by atoms with Crippen LogP contribution >= 0.6 is 0 Å². The molecule has 0 aromatic rings. The molecule has 2 aliphatic rings. The van der Waals surface area contributed by atoms with Crippen LogP contribution in [0.1, 0.15) is 25.7 Å². The third-order valence-corrected chi connectivity index (χ3v) is 5.24. The molecule has 8 atom stereocenters. The average Bonchev–Trinajstić information content (AvgIpc) is 2.72. The number of aliphatic hydroxyl groups is 5. The minimum Gasteiger partial charge on any atom is -0.390 e. The maximum atomic E-state index is 11.9. The van der Waals surface area contributed by atoms with Crippen LogP contribution in [-0.2, 0) is 9.53 Å². The third kappa shape index (κ3) is 4.12. The molecular formula is C15H29N3O7. The summed E-state index contributed by atoms with van der Waals surface area (Å²) in [6.45, 7) is -0.0869. The van der Waals surface area contributed by atoms with Gasteiger partial charge in [-0.25, -0.2) is 0 Å². The fourth-order valence-corrected chi connectivity index (χ4v) is 3.57. The number of hydrogen-bond acceptors (Lipinski definition) is 9. The van der Waals surface area contributed by atoms with Crippen molar-refractivity contribution in [2.75, 3.05) is 13.2 Å². The molecule has 1 heterocycles. The summed E-state index contributed by atoms with van der Waals surface area (Å²) in [5, 5.41) is 52.7. The molecule has 0 radical (unpaired) electrons.